The number of benzene rings is 2. The Morgan fingerprint density at radius 2 is 1.76 bits per heavy atom. The Bertz CT molecular complexity index is 1010. The van der Waals surface area contributed by atoms with Crippen molar-refractivity contribution in [2.45, 2.75) is 43.5 Å². The van der Waals surface area contributed by atoms with Gasteiger partial charge in [-0.25, -0.2) is 4.39 Å². The summed E-state index contributed by atoms with van der Waals surface area (Å²) in [6, 6.07) is 14.4. The highest BCUT2D eigenvalue weighted by Crippen LogP contribution is 2.28. The van der Waals surface area contributed by atoms with E-state index in [1.807, 2.05) is 23.7 Å². The predicted octanol–water partition coefficient (Wildman–Crippen LogP) is 5.04. The third kappa shape index (κ3) is 4.85. The van der Waals surface area contributed by atoms with Crippen LogP contribution in [0.5, 0.6) is 0 Å². The van der Waals surface area contributed by atoms with Crippen molar-refractivity contribution in [3.8, 4) is 11.4 Å². The van der Waals surface area contributed by atoms with Crippen LogP contribution in [-0.4, -0.2) is 25.9 Å². The van der Waals surface area contributed by atoms with Crippen LogP contribution in [0.4, 0.5) is 10.1 Å². The zero-order valence-corrected chi connectivity index (χ0v) is 18.0. The first-order chi connectivity index (χ1) is 13.7. The summed E-state index contributed by atoms with van der Waals surface area (Å²) in [5, 5.41) is 11.3. The molecule has 0 spiro atoms. The highest BCUT2D eigenvalue weighted by molar-refractivity contribution is 8.00. The maximum absolute atomic E-state index is 13.7. The van der Waals surface area contributed by atoms with Crippen molar-refractivity contribution in [1.82, 2.24) is 14.8 Å². The van der Waals surface area contributed by atoms with Crippen molar-refractivity contribution in [1.29, 1.82) is 0 Å². The Hall–Kier alpha value is -2.67. The number of hydrogen-bond donors (Lipinski definition) is 1. The molecule has 7 heteroatoms. The molecule has 1 amide bonds. The molecule has 0 aliphatic rings. The van der Waals surface area contributed by atoms with E-state index in [0.717, 1.165) is 11.4 Å². The Morgan fingerprint density at radius 1 is 1.10 bits per heavy atom. The molecule has 0 unspecified atom stereocenters. The molecule has 0 bridgehead atoms. The first kappa shape index (κ1) is 21.0. The molecule has 0 saturated carbocycles. The number of halogens is 1. The largest absolute Gasteiger partial charge is 0.323 e. The molecular weight excluding hydrogens is 387 g/mol. The molecule has 5 nitrogen and oxygen atoms in total. The average molecular weight is 413 g/mol. The van der Waals surface area contributed by atoms with E-state index in [1.54, 1.807) is 19.1 Å². The average Bonchev–Trinajstić information content (AvgIpc) is 3.03. The van der Waals surface area contributed by atoms with Gasteiger partial charge in [-0.1, -0.05) is 68.9 Å². The van der Waals surface area contributed by atoms with Crippen LogP contribution in [0, 0.1) is 5.82 Å². The number of nitrogens with zero attached hydrogens (tertiary/aromatic N) is 3. The molecule has 0 aliphatic heterocycles. The topological polar surface area (TPSA) is 59.8 Å². The van der Waals surface area contributed by atoms with Gasteiger partial charge in [0.05, 0.1) is 10.9 Å². The summed E-state index contributed by atoms with van der Waals surface area (Å²) in [6.07, 6.45) is 0. The monoisotopic (exact) mass is 412 g/mol. The SMILES string of the molecule is C[C@H](Sc1nnc(-c2ccc(C(C)(C)C)cc2)n1C)C(=O)Nc1ccccc1F. The van der Waals surface area contributed by atoms with Crippen molar-refractivity contribution in [3.05, 3.63) is 59.9 Å². The van der Waals surface area contributed by atoms with Crippen molar-refractivity contribution in [3.63, 3.8) is 0 Å². The van der Waals surface area contributed by atoms with Crippen molar-refractivity contribution >= 4 is 23.4 Å². The summed E-state index contributed by atoms with van der Waals surface area (Å²) >= 11 is 1.28. The van der Waals surface area contributed by atoms with Crippen LogP contribution in [0.3, 0.4) is 0 Å². The summed E-state index contributed by atoms with van der Waals surface area (Å²) < 4.78 is 15.6. The maximum atomic E-state index is 13.7. The molecule has 0 fully saturated rings. The summed E-state index contributed by atoms with van der Waals surface area (Å²) in [5.41, 5.74) is 2.46. The fourth-order valence-electron chi connectivity index (χ4n) is 2.80. The molecule has 1 aromatic heterocycles. The molecule has 2 aromatic carbocycles. The van der Waals surface area contributed by atoms with Crippen LogP contribution in [0.2, 0.25) is 0 Å². The van der Waals surface area contributed by atoms with Crippen LogP contribution < -0.4 is 5.32 Å². The van der Waals surface area contributed by atoms with E-state index in [-0.39, 0.29) is 17.0 Å². The Morgan fingerprint density at radius 3 is 2.38 bits per heavy atom. The Kier molecular flexibility index (Phi) is 6.07. The third-order valence-corrected chi connectivity index (χ3v) is 5.76. The highest BCUT2D eigenvalue weighted by atomic mass is 32.2. The number of carbonyl (C=O) groups excluding carboxylic acids is 1. The van der Waals surface area contributed by atoms with E-state index < -0.39 is 11.1 Å². The number of anilines is 1. The number of para-hydroxylation sites is 1. The minimum atomic E-state index is -0.464. The number of aromatic nitrogens is 3. The van der Waals surface area contributed by atoms with Gasteiger partial charge in [0.1, 0.15) is 5.82 Å². The van der Waals surface area contributed by atoms with Gasteiger partial charge in [0.2, 0.25) is 5.91 Å². The van der Waals surface area contributed by atoms with Gasteiger partial charge >= 0.3 is 0 Å². The van der Waals surface area contributed by atoms with Gasteiger partial charge in [0.25, 0.3) is 0 Å². The molecule has 1 heterocycles. The molecule has 29 heavy (non-hydrogen) atoms. The lowest BCUT2D eigenvalue weighted by Crippen LogP contribution is -2.23. The van der Waals surface area contributed by atoms with Crippen LogP contribution in [0.25, 0.3) is 11.4 Å². The zero-order valence-electron chi connectivity index (χ0n) is 17.2. The molecule has 0 aliphatic carbocycles. The summed E-state index contributed by atoms with van der Waals surface area (Å²) in [7, 11) is 1.87. The molecule has 152 valence electrons. The number of amides is 1. The van der Waals surface area contributed by atoms with E-state index in [4.69, 9.17) is 0 Å². The predicted molar refractivity (Wildman–Crippen MR) is 115 cm³/mol. The molecule has 0 saturated heterocycles. The minimum absolute atomic E-state index is 0.0838. The van der Waals surface area contributed by atoms with Gasteiger partial charge in [-0.05, 0) is 30.0 Å². The molecule has 0 radical (unpaired) electrons. The number of carbonyl (C=O) groups is 1. The van der Waals surface area contributed by atoms with Crippen LogP contribution >= 0.6 is 11.8 Å². The lowest BCUT2D eigenvalue weighted by molar-refractivity contribution is -0.115. The first-order valence-electron chi connectivity index (χ1n) is 9.39. The quantitative estimate of drug-likeness (QED) is 0.597. The van der Waals surface area contributed by atoms with E-state index in [0.29, 0.717) is 5.16 Å². The third-order valence-electron chi connectivity index (χ3n) is 4.63. The van der Waals surface area contributed by atoms with E-state index in [9.17, 15) is 9.18 Å². The summed E-state index contributed by atoms with van der Waals surface area (Å²) in [5.74, 6) is -0.0217. The molecular formula is C22H25FN4OS. The Balaban J connectivity index is 1.72. The molecule has 3 aromatic rings. The van der Waals surface area contributed by atoms with Gasteiger partial charge in [0.15, 0.2) is 11.0 Å². The van der Waals surface area contributed by atoms with Gasteiger partial charge in [-0.2, -0.15) is 0 Å². The molecule has 1 N–H and O–H groups in total. The van der Waals surface area contributed by atoms with Crippen molar-refractivity contribution in [2.24, 2.45) is 7.05 Å². The summed E-state index contributed by atoms with van der Waals surface area (Å²) in [6.45, 7) is 8.28. The van der Waals surface area contributed by atoms with Gasteiger partial charge in [0, 0.05) is 12.6 Å². The van der Waals surface area contributed by atoms with Crippen LogP contribution in [-0.2, 0) is 17.3 Å². The van der Waals surface area contributed by atoms with Crippen molar-refractivity contribution in [2.75, 3.05) is 5.32 Å². The highest BCUT2D eigenvalue weighted by Gasteiger charge is 2.21. The lowest BCUT2D eigenvalue weighted by atomic mass is 9.87. The van der Waals surface area contributed by atoms with E-state index in [1.165, 1.54) is 29.5 Å². The second-order valence-electron chi connectivity index (χ2n) is 7.92. The van der Waals surface area contributed by atoms with Gasteiger partial charge < -0.3 is 9.88 Å². The first-order valence-corrected chi connectivity index (χ1v) is 10.3. The summed E-state index contributed by atoms with van der Waals surface area (Å²) in [4.78, 5) is 12.4. The smallest absolute Gasteiger partial charge is 0.237 e. The number of rotatable bonds is 5. The normalized spacial score (nSPS) is 12.6. The minimum Gasteiger partial charge on any atom is -0.323 e. The number of thioether (sulfide) groups is 1. The standard InChI is InChI=1S/C22H25FN4OS/c1-14(20(28)24-18-9-7-6-8-17(18)23)29-21-26-25-19(27(21)5)15-10-12-16(13-11-15)22(2,3)4/h6-14H,1-5H3,(H,24,28)/t14-/m0/s1. The van der Waals surface area contributed by atoms with Gasteiger partial charge in [-0.3, -0.25) is 4.79 Å². The van der Waals surface area contributed by atoms with E-state index in [2.05, 4.69) is 48.4 Å². The lowest BCUT2D eigenvalue weighted by Gasteiger charge is -2.19. The van der Waals surface area contributed by atoms with Gasteiger partial charge in [-0.15, -0.1) is 10.2 Å². The number of hydrogen-bond acceptors (Lipinski definition) is 4. The fraction of sp³-hybridized carbons (Fsp3) is 0.318. The molecule has 3 rings (SSSR count). The second kappa shape index (κ2) is 8.37. The van der Waals surface area contributed by atoms with Crippen LogP contribution in [0.1, 0.15) is 33.3 Å². The maximum Gasteiger partial charge on any atom is 0.237 e. The zero-order chi connectivity index (χ0) is 21.2. The Labute approximate surface area is 174 Å². The van der Waals surface area contributed by atoms with Crippen LogP contribution in [0.15, 0.2) is 53.7 Å². The molecule has 1 atom stereocenters. The second-order valence-corrected chi connectivity index (χ2v) is 9.23. The van der Waals surface area contributed by atoms with Crippen molar-refractivity contribution < 1.29 is 9.18 Å². The number of nitrogens with one attached hydrogen (secondary N) is 1. The fourth-order valence-corrected chi connectivity index (χ4v) is 3.61. The van der Waals surface area contributed by atoms with E-state index >= 15 is 0 Å².